The van der Waals surface area contributed by atoms with E-state index < -0.39 is 0 Å². The third-order valence-corrected chi connectivity index (χ3v) is 2.50. The van der Waals surface area contributed by atoms with Crippen molar-refractivity contribution in [2.75, 3.05) is 0 Å². The average Bonchev–Trinajstić information content (AvgIpc) is 2.66. The van der Waals surface area contributed by atoms with Crippen molar-refractivity contribution >= 4 is 6.08 Å². The monoisotopic (exact) mass is 203 g/mol. The Morgan fingerprint density at radius 1 is 1.13 bits per heavy atom. The summed E-state index contributed by atoms with van der Waals surface area (Å²) in [6.07, 6.45) is 9.45. The molecular weight excluding hydrogens is 182 g/mol. The molecule has 82 valence electrons. The number of aromatic nitrogens is 1. The molecule has 0 unspecified atom stereocenters. The first-order chi connectivity index (χ1) is 7.09. The number of hydrogen-bond donors (Lipinski definition) is 0. The Balaban J connectivity index is 0.000000531. The van der Waals surface area contributed by atoms with Gasteiger partial charge < -0.3 is 0 Å². The van der Waals surface area contributed by atoms with Gasteiger partial charge in [0.25, 0.3) is 0 Å². The Morgan fingerprint density at radius 2 is 1.80 bits per heavy atom. The summed E-state index contributed by atoms with van der Waals surface area (Å²) in [5.41, 5.74) is 4.32. The van der Waals surface area contributed by atoms with Crippen molar-refractivity contribution in [3.8, 4) is 0 Å². The normalized spacial score (nSPS) is 13.1. The fraction of sp³-hybridized carbons (Fsp3) is 0.500. The summed E-state index contributed by atoms with van der Waals surface area (Å²) < 4.78 is 0. The molecular formula is C14H21N. The second kappa shape index (κ2) is 4.61. The van der Waals surface area contributed by atoms with Crippen LogP contribution in [0.5, 0.6) is 0 Å². The van der Waals surface area contributed by atoms with Gasteiger partial charge in [0.15, 0.2) is 0 Å². The molecule has 0 atom stereocenters. The average molecular weight is 203 g/mol. The van der Waals surface area contributed by atoms with Gasteiger partial charge >= 0.3 is 0 Å². The van der Waals surface area contributed by atoms with Crippen LogP contribution in [0, 0.1) is 0 Å². The molecule has 0 N–H and O–H groups in total. The second-order valence-corrected chi connectivity index (χ2v) is 4.62. The zero-order valence-electron chi connectivity index (χ0n) is 10.5. The lowest BCUT2D eigenvalue weighted by atomic mass is 9.84. The second-order valence-electron chi connectivity index (χ2n) is 4.62. The van der Waals surface area contributed by atoms with Crippen molar-refractivity contribution in [1.82, 2.24) is 4.98 Å². The standard InChI is InChI=1S/C12H15N.C2H6/c1-12(2,3)11-8-13-7-9-5-4-6-10(9)11;1-2/h4,6-8H,5H2,1-3H3;1-2H3. The van der Waals surface area contributed by atoms with Crippen LogP contribution in [0.25, 0.3) is 6.08 Å². The summed E-state index contributed by atoms with van der Waals surface area (Å²) >= 11 is 0. The molecule has 0 saturated carbocycles. The predicted molar refractivity (Wildman–Crippen MR) is 67.0 cm³/mol. The van der Waals surface area contributed by atoms with Crippen LogP contribution in [0.1, 0.15) is 51.3 Å². The third-order valence-electron chi connectivity index (χ3n) is 2.50. The van der Waals surface area contributed by atoms with Gasteiger partial charge in [-0.1, -0.05) is 46.8 Å². The molecule has 0 spiro atoms. The Hall–Kier alpha value is -1.11. The van der Waals surface area contributed by atoms with Gasteiger partial charge in [0.2, 0.25) is 0 Å². The van der Waals surface area contributed by atoms with Gasteiger partial charge in [0.05, 0.1) is 0 Å². The first kappa shape index (κ1) is 12.0. The molecule has 2 rings (SSSR count). The smallest absolute Gasteiger partial charge is 0.0311 e. The van der Waals surface area contributed by atoms with Gasteiger partial charge in [0.1, 0.15) is 0 Å². The van der Waals surface area contributed by atoms with Crippen LogP contribution >= 0.6 is 0 Å². The zero-order chi connectivity index (χ0) is 11.5. The van der Waals surface area contributed by atoms with Gasteiger partial charge in [-0.3, -0.25) is 4.98 Å². The number of fused-ring (bicyclic) bond motifs is 1. The number of hydrogen-bond acceptors (Lipinski definition) is 1. The van der Waals surface area contributed by atoms with Crippen LogP contribution < -0.4 is 0 Å². The number of nitrogens with zero attached hydrogens (tertiary/aromatic N) is 1. The molecule has 0 fully saturated rings. The maximum absolute atomic E-state index is 4.28. The van der Waals surface area contributed by atoms with Gasteiger partial charge in [-0.2, -0.15) is 0 Å². The highest BCUT2D eigenvalue weighted by Crippen LogP contribution is 2.30. The number of allylic oxidation sites excluding steroid dienone is 1. The van der Waals surface area contributed by atoms with E-state index in [0.717, 1.165) is 6.42 Å². The molecule has 1 aromatic heterocycles. The molecule has 0 aliphatic heterocycles. The lowest BCUT2D eigenvalue weighted by Crippen LogP contribution is -2.13. The van der Waals surface area contributed by atoms with E-state index in [4.69, 9.17) is 0 Å². The molecule has 0 aromatic carbocycles. The summed E-state index contributed by atoms with van der Waals surface area (Å²) in [5, 5.41) is 0. The molecule has 0 amide bonds. The maximum atomic E-state index is 4.28. The van der Waals surface area contributed by atoms with Crippen molar-refractivity contribution in [1.29, 1.82) is 0 Å². The first-order valence-corrected chi connectivity index (χ1v) is 5.73. The summed E-state index contributed by atoms with van der Waals surface area (Å²) in [7, 11) is 0. The maximum Gasteiger partial charge on any atom is 0.0311 e. The van der Waals surface area contributed by atoms with E-state index in [1.807, 2.05) is 26.2 Å². The molecule has 1 heteroatoms. The van der Waals surface area contributed by atoms with E-state index in [9.17, 15) is 0 Å². The molecule has 1 nitrogen and oxygen atoms in total. The molecule has 0 saturated heterocycles. The molecule has 15 heavy (non-hydrogen) atoms. The minimum absolute atomic E-state index is 0.201. The molecule has 1 aliphatic carbocycles. The quantitative estimate of drug-likeness (QED) is 0.621. The summed E-state index contributed by atoms with van der Waals surface area (Å²) in [6, 6.07) is 0. The minimum Gasteiger partial charge on any atom is -0.264 e. The van der Waals surface area contributed by atoms with E-state index in [0.29, 0.717) is 0 Å². The van der Waals surface area contributed by atoms with Crippen molar-refractivity contribution in [3.05, 3.63) is 35.2 Å². The number of pyridine rings is 1. The van der Waals surface area contributed by atoms with Crippen LogP contribution in [0.15, 0.2) is 18.5 Å². The predicted octanol–water partition coefficient (Wildman–Crippen LogP) is 3.97. The van der Waals surface area contributed by atoms with Crippen molar-refractivity contribution in [3.63, 3.8) is 0 Å². The molecule has 1 heterocycles. The van der Waals surface area contributed by atoms with Crippen LogP contribution in [0.2, 0.25) is 0 Å². The van der Waals surface area contributed by atoms with E-state index in [1.54, 1.807) is 0 Å². The highest BCUT2D eigenvalue weighted by Gasteiger charge is 2.20. The Kier molecular flexibility index (Phi) is 3.67. The van der Waals surface area contributed by atoms with Gasteiger partial charge in [-0.25, -0.2) is 0 Å². The van der Waals surface area contributed by atoms with Crippen molar-refractivity contribution in [2.45, 2.75) is 46.5 Å². The van der Waals surface area contributed by atoms with Gasteiger partial charge in [0, 0.05) is 12.4 Å². The minimum atomic E-state index is 0.201. The summed E-state index contributed by atoms with van der Waals surface area (Å²) in [6.45, 7) is 10.7. The molecule has 0 radical (unpaired) electrons. The zero-order valence-corrected chi connectivity index (χ0v) is 10.5. The molecule has 1 aliphatic rings. The summed E-state index contributed by atoms with van der Waals surface area (Å²) in [5.74, 6) is 0. The lowest BCUT2D eigenvalue weighted by Gasteiger charge is -2.21. The fourth-order valence-electron chi connectivity index (χ4n) is 1.77. The van der Waals surface area contributed by atoms with Crippen LogP contribution in [-0.4, -0.2) is 4.98 Å². The third kappa shape index (κ3) is 2.47. The van der Waals surface area contributed by atoms with E-state index in [1.165, 1.54) is 16.7 Å². The Labute approximate surface area is 93.2 Å². The van der Waals surface area contributed by atoms with E-state index in [-0.39, 0.29) is 5.41 Å². The Morgan fingerprint density at radius 3 is 2.40 bits per heavy atom. The molecule has 1 aromatic rings. The first-order valence-electron chi connectivity index (χ1n) is 5.73. The topological polar surface area (TPSA) is 12.9 Å². The lowest BCUT2D eigenvalue weighted by molar-refractivity contribution is 0.585. The van der Waals surface area contributed by atoms with Crippen LogP contribution in [0.3, 0.4) is 0 Å². The van der Waals surface area contributed by atoms with E-state index >= 15 is 0 Å². The number of rotatable bonds is 0. The van der Waals surface area contributed by atoms with Crippen molar-refractivity contribution < 1.29 is 0 Å². The largest absolute Gasteiger partial charge is 0.264 e. The fourth-order valence-corrected chi connectivity index (χ4v) is 1.77. The summed E-state index contributed by atoms with van der Waals surface area (Å²) in [4.78, 5) is 4.28. The Bertz CT molecular complexity index is 356. The van der Waals surface area contributed by atoms with Crippen molar-refractivity contribution in [2.24, 2.45) is 0 Å². The van der Waals surface area contributed by atoms with Gasteiger partial charge in [-0.15, -0.1) is 0 Å². The molecule has 0 bridgehead atoms. The highest BCUT2D eigenvalue weighted by atomic mass is 14.6. The van der Waals surface area contributed by atoms with E-state index in [2.05, 4.69) is 37.9 Å². The SMILES string of the molecule is CC.CC(C)(C)c1cncc2c1C=CC2. The van der Waals surface area contributed by atoms with Crippen LogP contribution in [0.4, 0.5) is 0 Å². The van der Waals surface area contributed by atoms with Gasteiger partial charge in [-0.05, 0) is 28.5 Å². The highest BCUT2D eigenvalue weighted by molar-refractivity contribution is 5.63. The van der Waals surface area contributed by atoms with Crippen LogP contribution in [-0.2, 0) is 11.8 Å².